The zero-order chi connectivity index (χ0) is 15.2. The smallest absolute Gasteiger partial charge is 0.223 e. The summed E-state index contributed by atoms with van der Waals surface area (Å²) in [6.45, 7) is 1.10. The van der Waals surface area contributed by atoms with Crippen molar-refractivity contribution in [2.24, 2.45) is 17.6 Å². The fraction of sp³-hybridized carbons (Fsp3) is 0.562. The van der Waals surface area contributed by atoms with Gasteiger partial charge >= 0.3 is 0 Å². The van der Waals surface area contributed by atoms with Gasteiger partial charge in [0.2, 0.25) is 5.91 Å². The SMILES string of the molecule is NCC1CCC(C(=O)NCCc2cc(F)cc(F)c2)CC1. The van der Waals surface area contributed by atoms with Crippen molar-refractivity contribution in [2.75, 3.05) is 13.1 Å². The minimum absolute atomic E-state index is 0.0438. The number of hydrogen-bond donors (Lipinski definition) is 2. The summed E-state index contributed by atoms with van der Waals surface area (Å²) in [4.78, 5) is 12.0. The molecule has 0 atom stereocenters. The summed E-state index contributed by atoms with van der Waals surface area (Å²) in [5.41, 5.74) is 6.19. The summed E-state index contributed by atoms with van der Waals surface area (Å²) >= 11 is 0. The number of carbonyl (C=O) groups excluding carboxylic acids is 1. The maximum Gasteiger partial charge on any atom is 0.223 e. The van der Waals surface area contributed by atoms with Crippen LogP contribution < -0.4 is 11.1 Å². The third kappa shape index (κ3) is 4.77. The Balaban J connectivity index is 1.74. The molecule has 116 valence electrons. The van der Waals surface area contributed by atoms with Crippen molar-refractivity contribution in [1.82, 2.24) is 5.32 Å². The fourth-order valence-corrected chi connectivity index (χ4v) is 2.89. The Labute approximate surface area is 123 Å². The molecule has 0 radical (unpaired) electrons. The number of nitrogens with two attached hydrogens (primary N) is 1. The molecule has 21 heavy (non-hydrogen) atoms. The fourth-order valence-electron chi connectivity index (χ4n) is 2.89. The maximum absolute atomic E-state index is 13.0. The number of carbonyl (C=O) groups is 1. The Bertz CT molecular complexity index is 465. The van der Waals surface area contributed by atoms with Gasteiger partial charge in [0, 0.05) is 18.5 Å². The predicted octanol–water partition coefficient (Wildman–Crippen LogP) is 2.39. The molecule has 0 unspecified atom stereocenters. The van der Waals surface area contributed by atoms with E-state index in [0.29, 0.717) is 31.0 Å². The lowest BCUT2D eigenvalue weighted by atomic mass is 9.81. The van der Waals surface area contributed by atoms with Crippen LogP contribution >= 0.6 is 0 Å². The van der Waals surface area contributed by atoms with E-state index >= 15 is 0 Å². The molecule has 0 saturated heterocycles. The van der Waals surface area contributed by atoms with E-state index in [2.05, 4.69) is 5.32 Å². The second-order valence-corrected chi connectivity index (χ2v) is 5.77. The van der Waals surface area contributed by atoms with Gasteiger partial charge in [0.15, 0.2) is 0 Å². The van der Waals surface area contributed by atoms with E-state index in [0.717, 1.165) is 31.7 Å². The first-order valence-corrected chi connectivity index (χ1v) is 7.51. The zero-order valence-corrected chi connectivity index (χ0v) is 12.1. The van der Waals surface area contributed by atoms with Crippen molar-refractivity contribution in [2.45, 2.75) is 32.1 Å². The number of rotatable bonds is 5. The predicted molar refractivity (Wildman–Crippen MR) is 77.6 cm³/mol. The monoisotopic (exact) mass is 296 g/mol. The van der Waals surface area contributed by atoms with Gasteiger partial charge in [0.1, 0.15) is 11.6 Å². The largest absolute Gasteiger partial charge is 0.356 e. The Morgan fingerprint density at radius 2 is 1.76 bits per heavy atom. The highest BCUT2D eigenvalue weighted by Gasteiger charge is 2.25. The van der Waals surface area contributed by atoms with Gasteiger partial charge in [-0.1, -0.05) is 0 Å². The van der Waals surface area contributed by atoms with Crippen molar-refractivity contribution in [3.8, 4) is 0 Å². The van der Waals surface area contributed by atoms with Crippen LogP contribution in [0.1, 0.15) is 31.2 Å². The van der Waals surface area contributed by atoms with E-state index in [9.17, 15) is 13.6 Å². The summed E-state index contributed by atoms with van der Waals surface area (Å²) in [5.74, 6) is -0.531. The Morgan fingerprint density at radius 1 is 1.14 bits per heavy atom. The molecule has 1 amide bonds. The van der Waals surface area contributed by atoms with Gasteiger partial charge < -0.3 is 11.1 Å². The van der Waals surface area contributed by atoms with E-state index in [4.69, 9.17) is 5.73 Å². The van der Waals surface area contributed by atoms with E-state index in [1.807, 2.05) is 0 Å². The van der Waals surface area contributed by atoms with Crippen LogP contribution in [0, 0.1) is 23.5 Å². The van der Waals surface area contributed by atoms with Crippen LogP contribution in [-0.4, -0.2) is 19.0 Å². The second kappa shape index (κ2) is 7.50. The van der Waals surface area contributed by atoms with Gasteiger partial charge in [-0.05, 0) is 62.3 Å². The highest BCUT2D eigenvalue weighted by atomic mass is 19.1. The first-order chi connectivity index (χ1) is 10.1. The molecule has 3 N–H and O–H groups in total. The third-order valence-corrected chi connectivity index (χ3v) is 4.19. The molecule has 3 nitrogen and oxygen atoms in total. The third-order valence-electron chi connectivity index (χ3n) is 4.19. The minimum atomic E-state index is -0.587. The van der Waals surface area contributed by atoms with E-state index in [1.54, 1.807) is 0 Å². The summed E-state index contributed by atoms with van der Waals surface area (Å²) in [6.07, 6.45) is 4.19. The van der Waals surface area contributed by atoms with Crippen molar-refractivity contribution in [3.63, 3.8) is 0 Å². The number of halogens is 2. The highest BCUT2D eigenvalue weighted by Crippen LogP contribution is 2.28. The van der Waals surface area contributed by atoms with Crippen LogP contribution in [0.3, 0.4) is 0 Å². The molecular formula is C16H22F2N2O. The molecule has 0 heterocycles. The lowest BCUT2D eigenvalue weighted by Crippen LogP contribution is -2.35. The number of benzene rings is 1. The van der Waals surface area contributed by atoms with Crippen LogP contribution in [0.4, 0.5) is 8.78 Å². The topological polar surface area (TPSA) is 55.1 Å². The van der Waals surface area contributed by atoms with Crippen LogP contribution in [0.25, 0.3) is 0 Å². The molecule has 0 aromatic heterocycles. The summed E-state index contributed by atoms with van der Waals surface area (Å²) in [7, 11) is 0. The van der Waals surface area contributed by atoms with Crippen molar-refractivity contribution in [1.29, 1.82) is 0 Å². The first-order valence-electron chi connectivity index (χ1n) is 7.51. The maximum atomic E-state index is 13.0. The lowest BCUT2D eigenvalue weighted by Gasteiger charge is -2.26. The van der Waals surface area contributed by atoms with Crippen LogP contribution in [-0.2, 0) is 11.2 Å². The molecule has 2 rings (SSSR count). The van der Waals surface area contributed by atoms with Gasteiger partial charge in [-0.25, -0.2) is 8.78 Å². The van der Waals surface area contributed by atoms with Gasteiger partial charge in [-0.15, -0.1) is 0 Å². The average Bonchev–Trinajstić information content (AvgIpc) is 2.46. The summed E-state index contributed by atoms with van der Waals surface area (Å²) in [6, 6.07) is 3.43. The molecule has 0 spiro atoms. The van der Waals surface area contributed by atoms with Crippen LogP contribution in [0.2, 0.25) is 0 Å². The first kappa shape index (κ1) is 15.9. The van der Waals surface area contributed by atoms with Gasteiger partial charge in [-0.2, -0.15) is 0 Å². The molecule has 1 saturated carbocycles. The molecular weight excluding hydrogens is 274 g/mol. The van der Waals surface area contributed by atoms with Crippen molar-refractivity contribution in [3.05, 3.63) is 35.4 Å². The second-order valence-electron chi connectivity index (χ2n) is 5.77. The van der Waals surface area contributed by atoms with E-state index in [-0.39, 0.29) is 11.8 Å². The Morgan fingerprint density at radius 3 is 2.33 bits per heavy atom. The molecule has 1 fully saturated rings. The molecule has 1 aliphatic rings. The summed E-state index contributed by atoms with van der Waals surface area (Å²) < 4.78 is 26.1. The van der Waals surface area contributed by atoms with Crippen LogP contribution in [0.15, 0.2) is 18.2 Å². The minimum Gasteiger partial charge on any atom is -0.356 e. The molecule has 0 aliphatic heterocycles. The molecule has 5 heteroatoms. The molecule has 1 aromatic rings. The molecule has 1 aromatic carbocycles. The van der Waals surface area contributed by atoms with Crippen molar-refractivity contribution < 1.29 is 13.6 Å². The Kier molecular flexibility index (Phi) is 5.67. The zero-order valence-electron chi connectivity index (χ0n) is 12.1. The Hall–Kier alpha value is -1.49. The standard InChI is InChI=1S/C16H22F2N2O/c17-14-7-12(8-15(18)9-14)5-6-20-16(21)13-3-1-11(10-19)2-4-13/h7-9,11,13H,1-6,10,19H2,(H,20,21). The van der Waals surface area contributed by atoms with Crippen LogP contribution in [0.5, 0.6) is 0 Å². The van der Waals surface area contributed by atoms with E-state index < -0.39 is 11.6 Å². The number of hydrogen-bond acceptors (Lipinski definition) is 2. The molecule has 0 bridgehead atoms. The average molecular weight is 296 g/mol. The van der Waals surface area contributed by atoms with Crippen molar-refractivity contribution >= 4 is 5.91 Å². The lowest BCUT2D eigenvalue weighted by molar-refractivity contribution is -0.126. The van der Waals surface area contributed by atoms with Gasteiger partial charge in [-0.3, -0.25) is 4.79 Å². The number of nitrogens with one attached hydrogen (secondary N) is 1. The van der Waals surface area contributed by atoms with Gasteiger partial charge in [0.25, 0.3) is 0 Å². The normalized spacial score (nSPS) is 22.0. The number of amides is 1. The van der Waals surface area contributed by atoms with E-state index in [1.165, 1.54) is 12.1 Å². The van der Waals surface area contributed by atoms with Gasteiger partial charge in [0.05, 0.1) is 0 Å². The highest BCUT2D eigenvalue weighted by molar-refractivity contribution is 5.78. The quantitative estimate of drug-likeness (QED) is 0.876. The molecule has 1 aliphatic carbocycles. The summed E-state index contributed by atoms with van der Waals surface area (Å²) in [5, 5.41) is 2.86.